The van der Waals surface area contributed by atoms with Crippen molar-refractivity contribution in [2.75, 3.05) is 53.3 Å². The summed E-state index contributed by atoms with van der Waals surface area (Å²) in [6.07, 6.45) is 4.56. The third-order valence-electron chi connectivity index (χ3n) is 3.17. The Bertz CT molecular complexity index is 244. The lowest BCUT2D eigenvalue weighted by molar-refractivity contribution is -0.149. The van der Waals surface area contributed by atoms with Crippen molar-refractivity contribution >= 4 is 5.97 Å². The van der Waals surface area contributed by atoms with Gasteiger partial charge in [0.05, 0.1) is 33.0 Å². The van der Waals surface area contributed by atoms with Gasteiger partial charge in [0.1, 0.15) is 6.61 Å². The van der Waals surface area contributed by atoms with Gasteiger partial charge in [0.2, 0.25) is 0 Å². The lowest BCUT2D eigenvalue weighted by Crippen LogP contribution is -2.35. The molecule has 0 aliphatic carbocycles. The van der Waals surface area contributed by atoms with Crippen molar-refractivity contribution in [3.05, 3.63) is 0 Å². The fourth-order valence-corrected chi connectivity index (χ4v) is 2.04. The van der Waals surface area contributed by atoms with Crippen LogP contribution in [0.3, 0.4) is 0 Å². The third kappa shape index (κ3) is 9.25. The van der Waals surface area contributed by atoms with Gasteiger partial charge in [-0.3, -0.25) is 0 Å². The average Bonchev–Trinajstić information content (AvgIpc) is 2.47. The molecule has 0 aromatic rings. The second-order valence-electron chi connectivity index (χ2n) is 4.81. The van der Waals surface area contributed by atoms with Gasteiger partial charge in [-0.2, -0.15) is 0 Å². The van der Waals surface area contributed by atoms with E-state index >= 15 is 0 Å². The summed E-state index contributed by atoms with van der Waals surface area (Å²) in [5.41, 5.74) is 0. The SMILES string of the molecule is COCCOCCOCC(=O)OCCC1CCCCN1. The first kappa shape index (κ1) is 17.4. The molecule has 1 unspecified atom stereocenters. The van der Waals surface area contributed by atoms with E-state index in [4.69, 9.17) is 18.9 Å². The van der Waals surface area contributed by atoms with Gasteiger partial charge < -0.3 is 24.3 Å². The van der Waals surface area contributed by atoms with E-state index in [9.17, 15) is 4.79 Å². The Kier molecular flexibility index (Phi) is 10.5. The van der Waals surface area contributed by atoms with E-state index in [2.05, 4.69) is 5.32 Å². The van der Waals surface area contributed by atoms with Gasteiger partial charge in [-0.05, 0) is 25.8 Å². The summed E-state index contributed by atoms with van der Waals surface area (Å²) in [5, 5.41) is 3.42. The molecule has 6 nitrogen and oxygen atoms in total. The van der Waals surface area contributed by atoms with E-state index in [0.29, 0.717) is 39.1 Å². The maximum Gasteiger partial charge on any atom is 0.332 e. The van der Waals surface area contributed by atoms with Crippen molar-refractivity contribution in [1.82, 2.24) is 5.32 Å². The highest BCUT2D eigenvalue weighted by molar-refractivity contribution is 5.70. The van der Waals surface area contributed by atoms with Crippen molar-refractivity contribution < 1.29 is 23.7 Å². The van der Waals surface area contributed by atoms with Crippen LogP contribution in [0.2, 0.25) is 0 Å². The van der Waals surface area contributed by atoms with Crippen LogP contribution >= 0.6 is 0 Å². The molecule has 1 aliphatic rings. The summed E-state index contributed by atoms with van der Waals surface area (Å²) in [6.45, 7) is 3.49. The molecular weight excluding hydrogens is 262 g/mol. The number of carbonyl (C=O) groups excluding carboxylic acids is 1. The van der Waals surface area contributed by atoms with Gasteiger partial charge in [-0.15, -0.1) is 0 Å². The van der Waals surface area contributed by atoms with Crippen LogP contribution in [-0.4, -0.2) is 65.3 Å². The highest BCUT2D eigenvalue weighted by Gasteiger charge is 2.13. The number of nitrogens with one attached hydrogen (secondary N) is 1. The first-order valence-electron chi connectivity index (χ1n) is 7.36. The molecule has 0 aromatic carbocycles. The molecule has 0 spiro atoms. The molecule has 118 valence electrons. The third-order valence-corrected chi connectivity index (χ3v) is 3.17. The van der Waals surface area contributed by atoms with Crippen LogP contribution in [0.1, 0.15) is 25.7 Å². The highest BCUT2D eigenvalue weighted by atomic mass is 16.6. The van der Waals surface area contributed by atoms with Crippen molar-refractivity contribution in [3.63, 3.8) is 0 Å². The summed E-state index contributed by atoms with van der Waals surface area (Å²) in [4.78, 5) is 11.4. The number of piperidine rings is 1. The summed E-state index contributed by atoms with van der Waals surface area (Å²) >= 11 is 0. The van der Waals surface area contributed by atoms with Gasteiger partial charge in [0.15, 0.2) is 0 Å². The molecule has 1 saturated heterocycles. The molecule has 6 heteroatoms. The Labute approximate surface area is 121 Å². The Morgan fingerprint density at radius 3 is 2.65 bits per heavy atom. The summed E-state index contributed by atoms with van der Waals surface area (Å²) < 4.78 is 20.3. The average molecular weight is 289 g/mol. The molecule has 0 radical (unpaired) electrons. The number of methoxy groups -OCH3 is 1. The van der Waals surface area contributed by atoms with Crippen molar-refractivity contribution in [3.8, 4) is 0 Å². The summed E-state index contributed by atoms with van der Waals surface area (Å²) in [6, 6.07) is 0.492. The Morgan fingerprint density at radius 2 is 1.90 bits per heavy atom. The standard InChI is InChI=1S/C14H27NO5/c1-17-8-9-18-10-11-19-12-14(16)20-7-5-13-4-2-3-6-15-13/h13,15H,2-12H2,1H3. The highest BCUT2D eigenvalue weighted by Crippen LogP contribution is 2.09. The Balaban J connectivity index is 1.85. The van der Waals surface area contributed by atoms with Crippen LogP contribution in [0.15, 0.2) is 0 Å². The zero-order valence-electron chi connectivity index (χ0n) is 12.4. The lowest BCUT2D eigenvalue weighted by atomic mass is 10.0. The van der Waals surface area contributed by atoms with Crippen LogP contribution in [0, 0.1) is 0 Å². The van der Waals surface area contributed by atoms with Gasteiger partial charge >= 0.3 is 5.97 Å². The Morgan fingerprint density at radius 1 is 1.10 bits per heavy atom. The van der Waals surface area contributed by atoms with Crippen LogP contribution in [0.4, 0.5) is 0 Å². The maximum absolute atomic E-state index is 11.4. The number of esters is 1. The molecule has 20 heavy (non-hydrogen) atoms. The second-order valence-corrected chi connectivity index (χ2v) is 4.81. The quantitative estimate of drug-likeness (QED) is 0.447. The molecule has 1 atom stereocenters. The van der Waals surface area contributed by atoms with E-state index in [1.807, 2.05) is 0 Å². The molecule has 0 aromatic heterocycles. The fourth-order valence-electron chi connectivity index (χ4n) is 2.04. The van der Waals surface area contributed by atoms with Crippen LogP contribution < -0.4 is 5.32 Å². The first-order valence-corrected chi connectivity index (χ1v) is 7.36. The predicted molar refractivity (Wildman–Crippen MR) is 74.7 cm³/mol. The van der Waals surface area contributed by atoms with Crippen LogP contribution in [-0.2, 0) is 23.7 Å². The van der Waals surface area contributed by atoms with Crippen molar-refractivity contribution in [2.24, 2.45) is 0 Å². The molecule has 0 amide bonds. The molecule has 1 N–H and O–H groups in total. The Hall–Kier alpha value is -0.690. The minimum Gasteiger partial charge on any atom is -0.464 e. The zero-order valence-corrected chi connectivity index (χ0v) is 12.4. The monoisotopic (exact) mass is 289 g/mol. The van der Waals surface area contributed by atoms with E-state index in [0.717, 1.165) is 13.0 Å². The van der Waals surface area contributed by atoms with Crippen LogP contribution in [0.5, 0.6) is 0 Å². The maximum atomic E-state index is 11.4. The first-order chi connectivity index (χ1) is 9.83. The van der Waals surface area contributed by atoms with Crippen molar-refractivity contribution in [1.29, 1.82) is 0 Å². The van der Waals surface area contributed by atoms with E-state index in [1.165, 1.54) is 19.3 Å². The van der Waals surface area contributed by atoms with E-state index in [-0.39, 0.29) is 12.6 Å². The smallest absolute Gasteiger partial charge is 0.332 e. The van der Waals surface area contributed by atoms with Gasteiger partial charge in [-0.25, -0.2) is 4.79 Å². The van der Waals surface area contributed by atoms with Gasteiger partial charge in [0, 0.05) is 13.2 Å². The largest absolute Gasteiger partial charge is 0.464 e. The van der Waals surface area contributed by atoms with Crippen LogP contribution in [0.25, 0.3) is 0 Å². The molecule has 0 bridgehead atoms. The second kappa shape index (κ2) is 12.1. The minimum absolute atomic E-state index is 0.00820. The summed E-state index contributed by atoms with van der Waals surface area (Å²) in [7, 11) is 1.62. The minimum atomic E-state index is -0.308. The molecule has 1 rings (SSSR count). The zero-order chi connectivity index (χ0) is 14.5. The number of carbonyl (C=O) groups is 1. The normalized spacial score (nSPS) is 18.9. The number of rotatable bonds is 11. The summed E-state index contributed by atoms with van der Waals surface area (Å²) in [5.74, 6) is -0.308. The van der Waals surface area contributed by atoms with Gasteiger partial charge in [0.25, 0.3) is 0 Å². The molecule has 1 aliphatic heterocycles. The lowest BCUT2D eigenvalue weighted by Gasteiger charge is -2.23. The van der Waals surface area contributed by atoms with E-state index < -0.39 is 0 Å². The predicted octanol–water partition coefficient (Wildman–Crippen LogP) is 0.741. The fraction of sp³-hybridized carbons (Fsp3) is 0.929. The van der Waals surface area contributed by atoms with Crippen molar-refractivity contribution in [2.45, 2.75) is 31.7 Å². The molecule has 0 saturated carbocycles. The number of hydrogen-bond acceptors (Lipinski definition) is 6. The molecule has 1 heterocycles. The molecular formula is C14H27NO5. The molecule has 1 fully saturated rings. The topological polar surface area (TPSA) is 66.0 Å². The van der Waals surface area contributed by atoms with E-state index in [1.54, 1.807) is 7.11 Å². The number of hydrogen-bond donors (Lipinski definition) is 1. The number of ether oxygens (including phenoxy) is 4. The van der Waals surface area contributed by atoms with Gasteiger partial charge in [-0.1, -0.05) is 6.42 Å².